The normalized spacial score (nSPS) is 16.5. The second-order valence-electron chi connectivity index (χ2n) is 6.12. The van der Waals surface area contributed by atoms with E-state index in [-0.39, 0.29) is 6.61 Å². The van der Waals surface area contributed by atoms with E-state index in [1.165, 1.54) is 0 Å². The Morgan fingerprint density at radius 3 is 2.40 bits per heavy atom. The van der Waals surface area contributed by atoms with Crippen molar-refractivity contribution in [2.24, 2.45) is 0 Å². The Morgan fingerprint density at radius 2 is 1.76 bits per heavy atom. The standard InChI is InChI=1S/C19H25N3O3/c1-24-17-5-7-18(8-6-17)25-15-16(23)14-21-10-12-22(13-11-21)19-4-2-3-9-20-19/h2-9,16,23H,10-15H2,1H3/t16-/m1/s1. The summed E-state index contributed by atoms with van der Waals surface area (Å²) in [6.07, 6.45) is 1.31. The van der Waals surface area contributed by atoms with Crippen LogP contribution in [0.15, 0.2) is 48.7 Å². The molecule has 0 unspecified atom stereocenters. The minimum atomic E-state index is -0.511. The molecule has 0 radical (unpaired) electrons. The lowest BCUT2D eigenvalue weighted by Gasteiger charge is -2.36. The molecule has 1 atom stereocenters. The van der Waals surface area contributed by atoms with Crippen molar-refractivity contribution in [2.75, 3.05) is 51.3 Å². The molecule has 0 aliphatic carbocycles. The number of methoxy groups -OCH3 is 1. The summed E-state index contributed by atoms with van der Waals surface area (Å²) in [5, 5.41) is 10.2. The van der Waals surface area contributed by atoms with Gasteiger partial charge in [0.25, 0.3) is 0 Å². The number of rotatable bonds is 7. The molecule has 2 heterocycles. The lowest BCUT2D eigenvalue weighted by atomic mass is 10.2. The molecule has 1 aliphatic rings. The van der Waals surface area contributed by atoms with Crippen LogP contribution in [0.5, 0.6) is 11.5 Å². The number of aliphatic hydroxyl groups is 1. The molecule has 0 spiro atoms. The van der Waals surface area contributed by atoms with Crippen LogP contribution in [-0.2, 0) is 0 Å². The number of hydrogen-bond acceptors (Lipinski definition) is 6. The van der Waals surface area contributed by atoms with Gasteiger partial charge in [-0.1, -0.05) is 6.07 Å². The Kier molecular flexibility index (Phi) is 6.09. The summed E-state index contributed by atoms with van der Waals surface area (Å²) in [5.41, 5.74) is 0. The Labute approximate surface area is 148 Å². The zero-order chi connectivity index (χ0) is 17.5. The summed E-state index contributed by atoms with van der Waals surface area (Å²) in [4.78, 5) is 8.93. The van der Waals surface area contributed by atoms with Crippen LogP contribution >= 0.6 is 0 Å². The first-order valence-electron chi connectivity index (χ1n) is 8.58. The maximum absolute atomic E-state index is 10.2. The van der Waals surface area contributed by atoms with Crippen molar-refractivity contribution in [1.29, 1.82) is 0 Å². The van der Waals surface area contributed by atoms with Gasteiger partial charge in [-0.15, -0.1) is 0 Å². The number of β-amino-alcohol motifs (C(OH)–C–C–N with tert-alkyl or cyclic N) is 1. The molecule has 0 bridgehead atoms. The van der Waals surface area contributed by atoms with Gasteiger partial charge < -0.3 is 19.5 Å². The van der Waals surface area contributed by atoms with Crippen molar-refractivity contribution in [1.82, 2.24) is 9.88 Å². The van der Waals surface area contributed by atoms with Gasteiger partial charge in [-0.05, 0) is 36.4 Å². The van der Waals surface area contributed by atoms with Crippen LogP contribution in [-0.4, -0.2) is 67.5 Å². The summed E-state index contributed by atoms with van der Waals surface area (Å²) >= 11 is 0. The van der Waals surface area contributed by atoms with Gasteiger partial charge in [0.1, 0.15) is 30.0 Å². The van der Waals surface area contributed by atoms with Crippen molar-refractivity contribution >= 4 is 5.82 Å². The third kappa shape index (κ3) is 5.08. The number of pyridine rings is 1. The van der Waals surface area contributed by atoms with Crippen LogP contribution in [0.3, 0.4) is 0 Å². The first kappa shape index (κ1) is 17.5. The summed E-state index contributed by atoms with van der Waals surface area (Å²) in [5.74, 6) is 2.55. The summed E-state index contributed by atoms with van der Waals surface area (Å²) in [6, 6.07) is 13.4. The minimum Gasteiger partial charge on any atom is -0.497 e. The number of aromatic nitrogens is 1. The predicted octanol–water partition coefficient (Wildman–Crippen LogP) is 1.65. The number of ether oxygens (including phenoxy) is 2. The summed E-state index contributed by atoms with van der Waals surface area (Å²) in [6.45, 7) is 4.57. The maximum atomic E-state index is 10.2. The van der Waals surface area contributed by atoms with E-state index in [0.29, 0.717) is 6.54 Å². The van der Waals surface area contributed by atoms with Crippen LogP contribution in [0.2, 0.25) is 0 Å². The monoisotopic (exact) mass is 343 g/mol. The van der Waals surface area contributed by atoms with Crippen LogP contribution in [0.25, 0.3) is 0 Å². The average molecular weight is 343 g/mol. The van der Waals surface area contributed by atoms with E-state index in [4.69, 9.17) is 9.47 Å². The molecule has 1 fully saturated rings. The van der Waals surface area contributed by atoms with Gasteiger partial charge in [-0.25, -0.2) is 4.98 Å². The quantitative estimate of drug-likeness (QED) is 0.825. The third-order valence-corrected chi connectivity index (χ3v) is 4.32. The molecule has 6 heteroatoms. The van der Waals surface area contributed by atoms with Crippen molar-refractivity contribution < 1.29 is 14.6 Å². The minimum absolute atomic E-state index is 0.285. The lowest BCUT2D eigenvalue weighted by Crippen LogP contribution is -2.49. The maximum Gasteiger partial charge on any atom is 0.128 e. The molecule has 3 rings (SSSR count). The number of piperazine rings is 1. The van der Waals surface area contributed by atoms with Gasteiger partial charge in [0.05, 0.1) is 7.11 Å². The van der Waals surface area contributed by atoms with E-state index in [1.54, 1.807) is 7.11 Å². The van der Waals surface area contributed by atoms with E-state index < -0.39 is 6.10 Å². The van der Waals surface area contributed by atoms with Gasteiger partial charge in [-0.2, -0.15) is 0 Å². The first-order valence-corrected chi connectivity index (χ1v) is 8.58. The fraction of sp³-hybridized carbons (Fsp3) is 0.421. The molecule has 1 aliphatic heterocycles. The van der Waals surface area contributed by atoms with Gasteiger partial charge in [-0.3, -0.25) is 4.90 Å². The number of benzene rings is 1. The van der Waals surface area contributed by atoms with Crippen LogP contribution in [0, 0.1) is 0 Å². The zero-order valence-electron chi connectivity index (χ0n) is 14.5. The lowest BCUT2D eigenvalue weighted by molar-refractivity contribution is 0.0662. The highest BCUT2D eigenvalue weighted by molar-refractivity contribution is 5.38. The van der Waals surface area contributed by atoms with Gasteiger partial charge in [0, 0.05) is 38.9 Å². The van der Waals surface area contributed by atoms with Gasteiger partial charge >= 0.3 is 0 Å². The second-order valence-corrected chi connectivity index (χ2v) is 6.12. The fourth-order valence-corrected chi connectivity index (χ4v) is 2.92. The Hall–Kier alpha value is -2.31. The van der Waals surface area contributed by atoms with Crippen LogP contribution in [0.1, 0.15) is 0 Å². The van der Waals surface area contributed by atoms with Crippen molar-refractivity contribution in [3.8, 4) is 11.5 Å². The molecule has 25 heavy (non-hydrogen) atoms. The van der Waals surface area contributed by atoms with Crippen LogP contribution < -0.4 is 14.4 Å². The Balaban J connectivity index is 1.39. The molecule has 1 N–H and O–H groups in total. The molecule has 2 aromatic rings. The predicted molar refractivity (Wildman–Crippen MR) is 97.4 cm³/mol. The molecule has 1 aromatic heterocycles. The molecule has 134 valence electrons. The van der Waals surface area contributed by atoms with Crippen molar-refractivity contribution in [2.45, 2.75) is 6.10 Å². The smallest absolute Gasteiger partial charge is 0.128 e. The van der Waals surface area contributed by atoms with E-state index >= 15 is 0 Å². The molecule has 0 amide bonds. The SMILES string of the molecule is COc1ccc(OC[C@H](O)CN2CCN(c3ccccn3)CC2)cc1. The van der Waals surface area contributed by atoms with E-state index in [0.717, 1.165) is 43.5 Å². The summed E-state index contributed by atoms with van der Waals surface area (Å²) < 4.78 is 10.8. The Morgan fingerprint density at radius 1 is 1.04 bits per heavy atom. The molecule has 0 saturated carbocycles. The third-order valence-electron chi connectivity index (χ3n) is 4.32. The highest BCUT2D eigenvalue weighted by Crippen LogP contribution is 2.17. The Bertz CT molecular complexity index is 628. The van der Waals surface area contributed by atoms with Gasteiger partial charge in [0.15, 0.2) is 0 Å². The largest absolute Gasteiger partial charge is 0.497 e. The number of anilines is 1. The zero-order valence-corrected chi connectivity index (χ0v) is 14.5. The first-order chi connectivity index (χ1) is 12.2. The van der Waals surface area contributed by atoms with E-state index in [1.807, 2.05) is 48.7 Å². The van der Waals surface area contributed by atoms with Crippen molar-refractivity contribution in [3.63, 3.8) is 0 Å². The number of hydrogen-bond donors (Lipinski definition) is 1. The second kappa shape index (κ2) is 8.69. The number of nitrogens with zero attached hydrogens (tertiary/aromatic N) is 3. The molecule has 1 aromatic carbocycles. The highest BCUT2D eigenvalue weighted by Gasteiger charge is 2.20. The molecule has 1 saturated heterocycles. The highest BCUT2D eigenvalue weighted by atomic mass is 16.5. The molecule has 6 nitrogen and oxygen atoms in total. The molecular formula is C19H25N3O3. The van der Waals surface area contributed by atoms with Gasteiger partial charge in [0.2, 0.25) is 0 Å². The molecular weight excluding hydrogens is 318 g/mol. The number of aliphatic hydroxyl groups excluding tert-OH is 1. The van der Waals surface area contributed by atoms with E-state index in [2.05, 4.69) is 14.8 Å². The van der Waals surface area contributed by atoms with Crippen LogP contribution in [0.4, 0.5) is 5.82 Å². The summed E-state index contributed by atoms with van der Waals surface area (Å²) in [7, 11) is 1.63. The van der Waals surface area contributed by atoms with Crippen molar-refractivity contribution in [3.05, 3.63) is 48.7 Å². The fourth-order valence-electron chi connectivity index (χ4n) is 2.92. The topological polar surface area (TPSA) is 58.1 Å². The average Bonchev–Trinajstić information content (AvgIpc) is 2.68. The van der Waals surface area contributed by atoms with E-state index in [9.17, 15) is 5.11 Å².